The molecule has 0 aliphatic carbocycles. The highest BCUT2D eigenvalue weighted by Crippen LogP contribution is 2.42. The molecule has 1 saturated heterocycles. The third-order valence-corrected chi connectivity index (χ3v) is 5.10. The van der Waals surface area contributed by atoms with Crippen molar-refractivity contribution < 1.29 is 28.5 Å². The molecule has 3 heterocycles. The van der Waals surface area contributed by atoms with Gasteiger partial charge in [-0.1, -0.05) is 0 Å². The zero-order valence-electron chi connectivity index (χ0n) is 16.2. The number of hydrogen-bond acceptors (Lipinski definition) is 7. The number of fused-ring (bicyclic) bond motifs is 1. The molecule has 0 radical (unpaired) electrons. The summed E-state index contributed by atoms with van der Waals surface area (Å²) in [6, 6.07) is 10.7. The van der Waals surface area contributed by atoms with Gasteiger partial charge in [-0.3, -0.25) is 4.79 Å². The van der Waals surface area contributed by atoms with Crippen LogP contribution in [0.2, 0.25) is 0 Å². The third kappa shape index (κ3) is 3.16. The van der Waals surface area contributed by atoms with Gasteiger partial charge in [0, 0.05) is 24.2 Å². The number of methoxy groups -OCH3 is 1. The lowest BCUT2D eigenvalue weighted by molar-refractivity contribution is -0.130. The quantitative estimate of drug-likeness (QED) is 0.573. The molecule has 0 N–H and O–H groups in total. The van der Waals surface area contributed by atoms with Crippen molar-refractivity contribution in [2.24, 2.45) is 4.99 Å². The topological polar surface area (TPSA) is 86.7 Å². The Morgan fingerprint density at radius 1 is 1.13 bits per heavy atom. The number of carbonyl (C=O) groups is 2. The average Bonchev–Trinajstić information content (AvgIpc) is 3.48. The van der Waals surface area contributed by atoms with Crippen molar-refractivity contribution in [3.8, 4) is 17.2 Å². The Morgan fingerprint density at radius 3 is 2.70 bits per heavy atom. The van der Waals surface area contributed by atoms with E-state index in [0.717, 1.165) is 18.7 Å². The first-order valence-corrected chi connectivity index (χ1v) is 9.53. The van der Waals surface area contributed by atoms with Crippen LogP contribution >= 0.6 is 0 Å². The van der Waals surface area contributed by atoms with Gasteiger partial charge in [-0.2, -0.15) is 0 Å². The van der Waals surface area contributed by atoms with Crippen LogP contribution in [0.25, 0.3) is 6.08 Å². The molecule has 2 aromatic carbocycles. The molecule has 8 heteroatoms. The van der Waals surface area contributed by atoms with E-state index in [9.17, 15) is 9.59 Å². The summed E-state index contributed by atoms with van der Waals surface area (Å²) in [5.41, 5.74) is 2.33. The standard InChI is InChI=1S/C22H18N2O6/c1-27-17-10-13(11-18-20(17)29-12-28-18)9-16-22(26)30-21(23-16)14-4-6-15(7-5-14)24-8-2-3-19(24)25/h4-7,9-11H,2-3,8,12H2,1H3/b16-9-. The zero-order valence-corrected chi connectivity index (χ0v) is 16.2. The lowest BCUT2D eigenvalue weighted by Gasteiger charge is -2.15. The lowest BCUT2D eigenvalue weighted by Crippen LogP contribution is -2.23. The van der Waals surface area contributed by atoms with E-state index in [1.165, 1.54) is 7.11 Å². The maximum Gasteiger partial charge on any atom is 0.363 e. The number of nitrogens with zero attached hydrogens (tertiary/aromatic N) is 2. The zero-order chi connectivity index (χ0) is 20.7. The van der Waals surface area contributed by atoms with E-state index in [0.29, 0.717) is 34.8 Å². The SMILES string of the molecule is COc1cc(/C=C2\N=C(c3ccc(N4CCCC4=O)cc3)OC2=O)cc2c1OCO2. The van der Waals surface area contributed by atoms with Crippen LogP contribution in [0, 0.1) is 0 Å². The molecular weight excluding hydrogens is 388 g/mol. The molecule has 152 valence electrons. The summed E-state index contributed by atoms with van der Waals surface area (Å²) in [7, 11) is 1.54. The molecule has 0 aromatic heterocycles. The van der Waals surface area contributed by atoms with Gasteiger partial charge < -0.3 is 23.8 Å². The van der Waals surface area contributed by atoms with Crippen LogP contribution in [0.4, 0.5) is 5.69 Å². The Hall–Kier alpha value is -3.81. The molecule has 0 spiro atoms. The van der Waals surface area contributed by atoms with Crippen molar-refractivity contribution in [2.75, 3.05) is 25.3 Å². The summed E-state index contributed by atoms with van der Waals surface area (Å²) in [5.74, 6) is 1.40. The monoisotopic (exact) mass is 406 g/mol. The molecule has 0 saturated carbocycles. The molecule has 3 aliphatic rings. The van der Waals surface area contributed by atoms with E-state index in [1.807, 2.05) is 12.1 Å². The molecule has 1 amide bonds. The second kappa shape index (κ2) is 7.22. The molecule has 3 aliphatic heterocycles. The van der Waals surface area contributed by atoms with E-state index < -0.39 is 5.97 Å². The predicted octanol–water partition coefficient (Wildman–Crippen LogP) is 2.90. The number of cyclic esters (lactones) is 1. The van der Waals surface area contributed by atoms with Crippen LogP contribution in [0.15, 0.2) is 47.1 Å². The van der Waals surface area contributed by atoms with Crippen molar-refractivity contribution >= 4 is 29.5 Å². The first-order valence-electron chi connectivity index (χ1n) is 9.53. The first-order chi connectivity index (χ1) is 14.6. The van der Waals surface area contributed by atoms with Gasteiger partial charge >= 0.3 is 5.97 Å². The minimum atomic E-state index is -0.541. The van der Waals surface area contributed by atoms with Crippen molar-refractivity contribution in [3.05, 3.63) is 53.2 Å². The van der Waals surface area contributed by atoms with Crippen molar-refractivity contribution in [1.29, 1.82) is 0 Å². The van der Waals surface area contributed by atoms with E-state index in [1.54, 1.807) is 35.2 Å². The number of ether oxygens (including phenoxy) is 4. The van der Waals surface area contributed by atoms with Gasteiger partial charge in [-0.05, 0) is 54.5 Å². The Labute approximate surface area is 172 Å². The minimum Gasteiger partial charge on any atom is -0.493 e. The van der Waals surface area contributed by atoms with Crippen molar-refractivity contribution in [3.63, 3.8) is 0 Å². The summed E-state index contributed by atoms with van der Waals surface area (Å²) >= 11 is 0. The summed E-state index contributed by atoms with van der Waals surface area (Å²) in [5, 5.41) is 0. The summed E-state index contributed by atoms with van der Waals surface area (Å²) in [4.78, 5) is 30.3. The van der Waals surface area contributed by atoms with E-state index in [4.69, 9.17) is 18.9 Å². The number of benzene rings is 2. The number of hydrogen-bond donors (Lipinski definition) is 0. The van der Waals surface area contributed by atoms with Crippen LogP contribution in [0.5, 0.6) is 17.2 Å². The molecule has 8 nitrogen and oxygen atoms in total. The number of aliphatic imine (C=N–C) groups is 1. The van der Waals surface area contributed by atoms with Crippen LogP contribution in [0.3, 0.4) is 0 Å². The molecular formula is C22H18N2O6. The molecule has 1 fully saturated rings. The second-order valence-corrected chi connectivity index (χ2v) is 6.99. The van der Waals surface area contributed by atoms with Crippen LogP contribution < -0.4 is 19.1 Å². The number of anilines is 1. The maximum atomic E-state index is 12.3. The molecule has 0 bridgehead atoms. The second-order valence-electron chi connectivity index (χ2n) is 6.99. The molecule has 30 heavy (non-hydrogen) atoms. The number of esters is 1. The summed E-state index contributed by atoms with van der Waals surface area (Å²) < 4.78 is 21.5. The van der Waals surface area contributed by atoms with Gasteiger partial charge in [0.1, 0.15) is 0 Å². The lowest BCUT2D eigenvalue weighted by atomic mass is 10.1. The number of rotatable bonds is 4. The molecule has 0 unspecified atom stereocenters. The van der Waals surface area contributed by atoms with Crippen LogP contribution in [-0.2, 0) is 14.3 Å². The highest BCUT2D eigenvalue weighted by molar-refractivity contribution is 6.13. The normalized spacial score (nSPS) is 18.8. The van der Waals surface area contributed by atoms with E-state index in [-0.39, 0.29) is 24.3 Å². The van der Waals surface area contributed by atoms with Crippen LogP contribution in [-0.4, -0.2) is 38.2 Å². The van der Waals surface area contributed by atoms with E-state index >= 15 is 0 Å². The smallest absolute Gasteiger partial charge is 0.363 e. The van der Waals surface area contributed by atoms with Crippen molar-refractivity contribution in [1.82, 2.24) is 0 Å². The third-order valence-electron chi connectivity index (χ3n) is 5.10. The van der Waals surface area contributed by atoms with Gasteiger partial charge in [0.05, 0.1) is 7.11 Å². The van der Waals surface area contributed by atoms with Gasteiger partial charge in [0.2, 0.25) is 24.3 Å². The first kappa shape index (κ1) is 18.2. The van der Waals surface area contributed by atoms with Gasteiger partial charge in [0.25, 0.3) is 0 Å². The maximum absolute atomic E-state index is 12.3. The summed E-state index contributed by atoms with van der Waals surface area (Å²) in [6.07, 6.45) is 3.05. The Morgan fingerprint density at radius 2 is 1.97 bits per heavy atom. The molecule has 2 aromatic rings. The number of amides is 1. The van der Waals surface area contributed by atoms with Gasteiger partial charge in [-0.25, -0.2) is 9.79 Å². The van der Waals surface area contributed by atoms with Crippen molar-refractivity contribution in [2.45, 2.75) is 12.8 Å². The highest BCUT2D eigenvalue weighted by atomic mass is 16.7. The highest BCUT2D eigenvalue weighted by Gasteiger charge is 2.26. The average molecular weight is 406 g/mol. The van der Waals surface area contributed by atoms with Crippen LogP contribution in [0.1, 0.15) is 24.0 Å². The Balaban J connectivity index is 1.41. The Bertz CT molecular complexity index is 1100. The number of carbonyl (C=O) groups excluding carboxylic acids is 2. The van der Waals surface area contributed by atoms with Gasteiger partial charge in [-0.15, -0.1) is 0 Å². The van der Waals surface area contributed by atoms with E-state index in [2.05, 4.69) is 4.99 Å². The predicted molar refractivity (Wildman–Crippen MR) is 108 cm³/mol. The minimum absolute atomic E-state index is 0.120. The fourth-order valence-electron chi connectivity index (χ4n) is 3.63. The fraction of sp³-hybridized carbons (Fsp3) is 0.227. The molecule has 5 rings (SSSR count). The fourth-order valence-corrected chi connectivity index (χ4v) is 3.63. The Kier molecular flexibility index (Phi) is 4.39. The summed E-state index contributed by atoms with van der Waals surface area (Å²) in [6.45, 7) is 0.842. The van der Waals surface area contributed by atoms with Gasteiger partial charge in [0.15, 0.2) is 17.2 Å². The molecule has 0 atom stereocenters. The largest absolute Gasteiger partial charge is 0.493 e.